The van der Waals surface area contributed by atoms with E-state index in [0.717, 1.165) is 6.42 Å². The summed E-state index contributed by atoms with van der Waals surface area (Å²) in [6, 6.07) is 0.199. The van der Waals surface area contributed by atoms with E-state index >= 15 is 0 Å². The van der Waals surface area contributed by atoms with Gasteiger partial charge < -0.3 is 15.7 Å². The molecule has 1 aliphatic heterocycles. The summed E-state index contributed by atoms with van der Waals surface area (Å²) in [5, 5.41) is 15.3. The molecule has 0 bridgehead atoms. The second-order valence-corrected chi connectivity index (χ2v) is 6.12. The molecule has 94 valence electrons. The lowest BCUT2D eigenvalue weighted by Crippen LogP contribution is -2.70. The Labute approximate surface area is 98.4 Å². The number of carbonyl (C=O) groups is 1. The smallest absolute Gasteiger partial charge is 0.305 e. The highest BCUT2D eigenvalue weighted by Crippen LogP contribution is 2.17. The van der Waals surface area contributed by atoms with Crippen molar-refractivity contribution in [3.05, 3.63) is 0 Å². The van der Waals surface area contributed by atoms with Gasteiger partial charge in [0.15, 0.2) is 0 Å². The maximum Gasteiger partial charge on any atom is 0.305 e. The van der Waals surface area contributed by atoms with Gasteiger partial charge >= 0.3 is 5.97 Å². The Balaban J connectivity index is 2.37. The molecular weight excluding hydrogens is 228 g/mol. The molecule has 5 nitrogen and oxygen atoms in total. The molecule has 1 heterocycles. The normalized spacial score (nSPS) is 22.1. The van der Waals surface area contributed by atoms with Crippen LogP contribution >= 0.6 is 0 Å². The average molecular weight is 248 g/mol. The van der Waals surface area contributed by atoms with Crippen molar-refractivity contribution in [2.24, 2.45) is 0 Å². The SMILES string of the molecule is CC(CCS(C)=O)NC1(CC(=O)O)CNC1. The van der Waals surface area contributed by atoms with Gasteiger partial charge in [-0.1, -0.05) is 0 Å². The first-order chi connectivity index (χ1) is 7.43. The van der Waals surface area contributed by atoms with Crippen LogP contribution < -0.4 is 10.6 Å². The molecule has 6 heteroatoms. The van der Waals surface area contributed by atoms with Crippen molar-refractivity contribution >= 4 is 16.8 Å². The summed E-state index contributed by atoms with van der Waals surface area (Å²) in [5.74, 6) is -0.120. The maximum atomic E-state index is 11.0. The number of carboxylic acid groups (broad SMARTS) is 1. The highest BCUT2D eigenvalue weighted by Gasteiger charge is 2.39. The fourth-order valence-corrected chi connectivity index (χ4v) is 2.62. The van der Waals surface area contributed by atoms with E-state index in [1.54, 1.807) is 6.26 Å². The first-order valence-corrected chi connectivity index (χ1v) is 7.16. The molecule has 2 atom stereocenters. The van der Waals surface area contributed by atoms with E-state index in [-0.39, 0.29) is 18.0 Å². The molecule has 0 amide bonds. The molecule has 1 saturated heterocycles. The quantitative estimate of drug-likeness (QED) is 0.569. The van der Waals surface area contributed by atoms with Crippen molar-refractivity contribution in [3.8, 4) is 0 Å². The summed E-state index contributed by atoms with van der Waals surface area (Å²) < 4.78 is 11.0. The molecule has 0 radical (unpaired) electrons. The third-order valence-electron chi connectivity index (χ3n) is 2.81. The molecule has 0 spiro atoms. The van der Waals surface area contributed by atoms with Gasteiger partial charge in [-0.05, 0) is 13.3 Å². The lowest BCUT2D eigenvalue weighted by atomic mass is 9.87. The molecule has 1 rings (SSSR count). The molecule has 16 heavy (non-hydrogen) atoms. The number of hydrogen-bond donors (Lipinski definition) is 3. The van der Waals surface area contributed by atoms with Crippen LogP contribution in [0.25, 0.3) is 0 Å². The number of nitrogens with one attached hydrogen (secondary N) is 2. The van der Waals surface area contributed by atoms with E-state index in [4.69, 9.17) is 5.11 Å². The zero-order valence-corrected chi connectivity index (χ0v) is 10.6. The topological polar surface area (TPSA) is 78.4 Å². The summed E-state index contributed by atoms with van der Waals surface area (Å²) >= 11 is 0. The van der Waals surface area contributed by atoms with E-state index < -0.39 is 16.8 Å². The Morgan fingerprint density at radius 2 is 2.25 bits per heavy atom. The highest BCUT2D eigenvalue weighted by molar-refractivity contribution is 7.84. The molecule has 0 aromatic heterocycles. The first kappa shape index (κ1) is 13.6. The second kappa shape index (κ2) is 5.75. The molecule has 0 aliphatic carbocycles. The Kier molecular flexibility index (Phi) is 4.89. The predicted octanol–water partition coefficient (Wildman–Crippen LogP) is -0.450. The Morgan fingerprint density at radius 3 is 2.62 bits per heavy atom. The lowest BCUT2D eigenvalue weighted by molar-refractivity contribution is -0.139. The predicted molar refractivity (Wildman–Crippen MR) is 64.0 cm³/mol. The van der Waals surface area contributed by atoms with Gasteiger partial charge in [0.05, 0.1) is 12.0 Å². The number of carboxylic acids is 1. The van der Waals surface area contributed by atoms with Gasteiger partial charge in [-0.2, -0.15) is 0 Å². The zero-order chi connectivity index (χ0) is 12.2. The molecule has 0 saturated carbocycles. The van der Waals surface area contributed by atoms with E-state index in [1.165, 1.54) is 0 Å². The molecule has 2 unspecified atom stereocenters. The van der Waals surface area contributed by atoms with Gasteiger partial charge in [-0.15, -0.1) is 0 Å². The van der Waals surface area contributed by atoms with E-state index in [2.05, 4.69) is 10.6 Å². The van der Waals surface area contributed by atoms with E-state index in [1.807, 2.05) is 6.92 Å². The third kappa shape index (κ3) is 4.19. The van der Waals surface area contributed by atoms with E-state index in [9.17, 15) is 9.00 Å². The molecular formula is C10H20N2O3S. The average Bonchev–Trinajstić information content (AvgIpc) is 2.10. The fraction of sp³-hybridized carbons (Fsp3) is 0.900. The number of hydrogen-bond acceptors (Lipinski definition) is 4. The Hall–Kier alpha value is -0.460. The second-order valence-electron chi connectivity index (χ2n) is 4.57. The molecule has 1 fully saturated rings. The minimum absolute atomic E-state index is 0.138. The van der Waals surface area contributed by atoms with Crippen LogP contribution in [0.4, 0.5) is 0 Å². The number of aliphatic carboxylic acids is 1. The maximum absolute atomic E-state index is 11.0. The summed E-state index contributed by atoms with van der Waals surface area (Å²) in [5.41, 5.74) is -0.305. The van der Waals surface area contributed by atoms with Crippen molar-refractivity contribution in [1.82, 2.24) is 10.6 Å². The zero-order valence-electron chi connectivity index (χ0n) is 9.78. The van der Waals surface area contributed by atoms with Crippen molar-refractivity contribution in [3.63, 3.8) is 0 Å². The monoisotopic (exact) mass is 248 g/mol. The standard InChI is InChI=1S/C10H20N2O3S/c1-8(3-4-16(2)15)12-10(5-9(13)14)6-11-7-10/h8,11-12H,3-7H2,1-2H3,(H,13,14). The first-order valence-electron chi connectivity index (χ1n) is 5.44. The summed E-state index contributed by atoms with van der Waals surface area (Å²) in [6.45, 7) is 3.40. The van der Waals surface area contributed by atoms with Crippen molar-refractivity contribution in [1.29, 1.82) is 0 Å². The van der Waals surface area contributed by atoms with Gasteiger partial charge in [-0.25, -0.2) is 0 Å². The van der Waals surface area contributed by atoms with Gasteiger partial charge in [-0.3, -0.25) is 9.00 Å². The van der Waals surface area contributed by atoms with Crippen LogP contribution in [0.3, 0.4) is 0 Å². The molecule has 1 aliphatic rings. The molecule has 0 aromatic carbocycles. The summed E-state index contributed by atoms with van der Waals surface area (Å²) in [7, 11) is -0.781. The van der Waals surface area contributed by atoms with Gasteiger partial charge in [0.1, 0.15) is 0 Å². The van der Waals surface area contributed by atoms with Crippen molar-refractivity contribution in [2.75, 3.05) is 25.1 Å². The minimum atomic E-state index is -0.781. The largest absolute Gasteiger partial charge is 0.481 e. The van der Waals surface area contributed by atoms with Crippen LogP contribution in [-0.4, -0.2) is 52.0 Å². The van der Waals surface area contributed by atoms with E-state index in [0.29, 0.717) is 18.8 Å². The Morgan fingerprint density at radius 1 is 1.62 bits per heavy atom. The minimum Gasteiger partial charge on any atom is -0.481 e. The van der Waals surface area contributed by atoms with Crippen LogP contribution in [0.5, 0.6) is 0 Å². The van der Waals surface area contributed by atoms with Crippen LogP contribution in [0, 0.1) is 0 Å². The van der Waals surface area contributed by atoms with Gasteiger partial charge in [0, 0.05) is 41.9 Å². The van der Waals surface area contributed by atoms with Gasteiger partial charge in [0.2, 0.25) is 0 Å². The van der Waals surface area contributed by atoms with Crippen LogP contribution in [0.15, 0.2) is 0 Å². The summed E-state index contributed by atoms with van der Waals surface area (Å²) in [6.07, 6.45) is 2.63. The molecule has 3 N–H and O–H groups in total. The third-order valence-corrected chi connectivity index (χ3v) is 3.62. The fourth-order valence-electron chi connectivity index (χ4n) is 1.93. The van der Waals surface area contributed by atoms with Gasteiger partial charge in [0.25, 0.3) is 0 Å². The highest BCUT2D eigenvalue weighted by atomic mass is 32.2. The van der Waals surface area contributed by atoms with Crippen LogP contribution in [-0.2, 0) is 15.6 Å². The number of rotatable bonds is 7. The lowest BCUT2D eigenvalue weighted by Gasteiger charge is -2.44. The van der Waals surface area contributed by atoms with Crippen LogP contribution in [0.2, 0.25) is 0 Å². The van der Waals surface area contributed by atoms with Crippen molar-refractivity contribution in [2.45, 2.75) is 31.3 Å². The van der Waals surface area contributed by atoms with Crippen molar-refractivity contribution < 1.29 is 14.1 Å². The van der Waals surface area contributed by atoms with Crippen LogP contribution in [0.1, 0.15) is 19.8 Å². The summed E-state index contributed by atoms with van der Waals surface area (Å²) in [4.78, 5) is 10.7. The molecule has 0 aromatic rings. The Bertz CT molecular complexity index is 279.